The van der Waals surface area contributed by atoms with E-state index in [0.29, 0.717) is 5.56 Å². The molecule has 0 aliphatic carbocycles. The van der Waals surface area contributed by atoms with Crippen molar-refractivity contribution in [2.45, 2.75) is 11.8 Å². The summed E-state index contributed by atoms with van der Waals surface area (Å²) in [6.45, 7) is 1.84. The Kier molecular flexibility index (Phi) is 4.60. The standard InChI is InChI=1S/C22H16N2O4S/c1-15-11-13-17(14-12-15)29(27,28)23-20(16-7-3-2-4-8-16)24-21(25)18-9-5-6-10-19(18)22(24)26/h2-14H,1H3. The molecule has 1 heterocycles. The second kappa shape index (κ2) is 7.10. The Morgan fingerprint density at radius 2 is 1.28 bits per heavy atom. The molecule has 3 aromatic carbocycles. The van der Waals surface area contributed by atoms with Gasteiger partial charge in [-0.25, -0.2) is 4.90 Å². The summed E-state index contributed by atoms with van der Waals surface area (Å²) in [5, 5.41) is 0. The highest BCUT2D eigenvalue weighted by Gasteiger charge is 2.39. The van der Waals surface area contributed by atoms with Gasteiger partial charge in [-0.05, 0) is 31.2 Å². The molecule has 6 nitrogen and oxygen atoms in total. The molecule has 0 aromatic heterocycles. The molecule has 0 radical (unpaired) electrons. The van der Waals surface area contributed by atoms with E-state index in [-0.39, 0.29) is 21.9 Å². The van der Waals surface area contributed by atoms with Crippen LogP contribution in [0, 0.1) is 6.92 Å². The maximum Gasteiger partial charge on any atom is 0.284 e. The Morgan fingerprint density at radius 1 is 0.759 bits per heavy atom. The zero-order chi connectivity index (χ0) is 20.6. The average Bonchev–Trinajstić information content (AvgIpc) is 2.98. The van der Waals surface area contributed by atoms with Crippen molar-refractivity contribution in [3.05, 3.63) is 101 Å². The third-order valence-corrected chi connectivity index (χ3v) is 5.84. The van der Waals surface area contributed by atoms with Crippen LogP contribution in [-0.4, -0.2) is 31.0 Å². The number of hydrogen-bond acceptors (Lipinski definition) is 4. The number of amides is 2. The van der Waals surface area contributed by atoms with Gasteiger partial charge in [0.05, 0.1) is 16.0 Å². The van der Waals surface area contributed by atoms with Crippen LogP contribution in [0.2, 0.25) is 0 Å². The van der Waals surface area contributed by atoms with Gasteiger partial charge < -0.3 is 0 Å². The summed E-state index contributed by atoms with van der Waals surface area (Å²) in [4.78, 5) is 26.6. The lowest BCUT2D eigenvalue weighted by Crippen LogP contribution is -2.37. The minimum absolute atomic E-state index is 0.0202. The van der Waals surface area contributed by atoms with Crippen LogP contribution in [0.3, 0.4) is 0 Å². The van der Waals surface area contributed by atoms with Crippen LogP contribution in [0.25, 0.3) is 0 Å². The van der Waals surface area contributed by atoms with E-state index in [1.54, 1.807) is 54.6 Å². The lowest BCUT2D eigenvalue weighted by Gasteiger charge is -2.17. The van der Waals surface area contributed by atoms with E-state index in [4.69, 9.17) is 0 Å². The van der Waals surface area contributed by atoms with Gasteiger partial charge in [0, 0.05) is 5.56 Å². The van der Waals surface area contributed by atoms with Crippen molar-refractivity contribution in [1.82, 2.24) is 4.90 Å². The molecule has 1 aliphatic rings. The molecular weight excluding hydrogens is 388 g/mol. The third kappa shape index (κ3) is 3.36. The average molecular weight is 404 g/mol. The number of hydrogen-bond donors (Lipinski definition) is 0. The smallest absolute Gasteiger partial charge is 0.268 e. The molecular formula is C22H16N2O4S. The molecule has 0 fully saturated rings. The molecule has 2 amide bonds. The van der Waals surface area contributed by atoms with E-state index in [2.05, 4.69) is 4.40 Å². The number of fused-ring (bicyclic) bond motifs is 1. The fourth-order valence-corrected chi connectivity index (χ4v) is 4.07. The highest BCUT2D eigenvalue weighted by molar-refractivity contribution is 7.90. The van der Waals surface area contributed by atoms with E-state index < -0.39 is 21.8 Å². The van der Waals surface area contributed by atoms with Crippen molar-refractivity contribution in [2.75, 3.05) is 0 Å². The Balaban J connectivity index is 1.89. The number of benzene rings is 3. The molecule has 1 aliphatic heterocycles. The maximum atomic E-state index is 12.9. The van der Waals surface area contributed by atoms with Crippen molar-refractivity contribution in [1.29, 1.82) is 0 Å². The lowest BCUT2D eigenvalue weighted by atomic mass is 10.1. The first-order valence-corrected chi connectivity index (χ1v) is 10.3. The van der Waals surface area contributed by atoms with Crippen molar-refractivity contribution in [2.24, 2.45) is 4.40 Å². The number of nitrogens with zero attached hydrogens (tertiary/aromatic N) is 2. The Morgan fingerprint density at radius 3 is 1.83 bits per heavy atom. The number of imide groups is 1. The fourth-order valence-electron chi connectivity index (χ4n) is 3.07. The summed E-state index contributed by atoms with van der Waals surface area (Å²) in [5.74, 6) is -1.43. The third-order valence-electron chi connectivity index (χ3n) is 4.56. The largest absolute Gasteiger partial charge is 0.284 e. The van der Waals surface area contributed by atoms with Crippen molar-refractivity contribution >= 4 is 27.7 Å². The second-order valence-electron chi connectivity index (χ2n) is 6.56. The maximum absolute atomic E-state index is 12.9. The van der Waals surface area contributed by atoms with E-state index in [0.717, 1.165) is 10.5 Å². The topological polar surface area (TPSA) is 83.9 Å². The Bertz CT molecular complexity index is 1210. The zero-order valence-electron chi connectivity index (χ0n) is 15.4. The first kappa shape index (κ1) is 18.8. The van der Waals surface area contributed by atoms with Crippen LogP contribution in [-0.2, 0) is 10.0 Å². The fraction of sp³-hybridized carbons (Fsp3) is 0.0455. The van der Waals surface area contributed by atoms with Gasteiger partial charge in [0.15, 0.2) is 5.84 Å². The van der Waals surface area contributed by atoms with Crippen molar-refractivity contribution in [3.8, 4) is 0 Å². The quantitative estimate of drug-likeness (QED) is 0.380. The molecule has 0 atom stereocenters. The highest BCUT2D eigenvalue weighted by atomic mass is 32.2. The molecule has 0 saturated carbocycles. The molecule has 29 heavy (non-hydrogen) atoms. The predicted molar refractivity (Wildman–Crippen MR) is 108 cm³/mol. The van der Waals surface area contributed by atoms with Gasteiger partial charge >= 0.3 is 0 Å². The lowest BCUT2D eigenvalue weighted by molar-refractivity contribution is 0.0749. The highest BCUT2D eigenvalue weighted by Crippen LogP contribution is 2.26. The van der Waals surface area contributed by atoms with Crippen LogP contribution < -0.4 is 0 Å². The Hall–Kier alpha value is -3.58. The van der Waals surface area contributed by atoms with Crippen LogP contribution >= 0.6 is 0 Å². The monoisotopic (exact) mass is 404 g/mol. The number of carbonyl (C=O) groups is 2. The zero-order valence-corrected chi connectivity index (χ0v) is 16.3. The molecule has 144 valence electrons. The molecule has 0 saturated heterocycles. The number of carbonyl (C=O) groups excluding carboxylic acids is 2. The van der Waals surface area contributed by atoms with Crippen LogP contribution in [0.5, 0.6) is 0 Å². The number of aryl methyl sites for hydroxylation is 1. The first-order chi connectivity index (χ1) is 13.9. The number of sulfonamides is 1. The van der Waals surface area contributed by atoms with Crippen LogP contribution in [0.4, 0.5) is 0 Å². The SMILES string of the molecule is Cc1ccc(S(=O)(=O)N=C(c2ccccc2)N2C(=O)c3ccccc3C2=O)cc1. The first-order valence-electron chi connectivity index (χ1n) is 8.83. The summed E-state index contributed by atoms with van der Waals surface area (Å²) in [6, 6.07) is 20.9. The van der Waals surface area contributed by atoms with Gasteiger partial charge in [-0.1, -0.05) is 60.2 Å². The summed E-state index contributed by atoms with van der Waals surface area (Å²) < 4.78 is 29.8. The van der Waals surface area contributed by atoms with Crippen LogP contribution in [0.15, 0.2) is 88.2 Å². The van der Waals surface area contributed by atoms with Crippen molar-refractivity contribution in [3.63, 3.8) is 0 Å². The Labute approximate surface area is 168 Å². The van der Waals surface area contributed by atoms with E-state index in [9.17, 15) is 18.0 Å². The predicted octanol–water partition coefficient (Wildman–Crippen LogP) is 3.43. The molecule has 0 unspecified atom stereocenters. The van der Waals surface area contributed by atoms with Gasteiger partial charge in [-0.3, -0.25) is 9.59 Å². The van der Waals surface area contributed by atoms with E-state index in [1.807, 2.05) is 6.92 Å². The minimum Gasteiger partial charge on any atom is -0.268 e. The van der Waals surface area contributed by atoms with E-state index >= 15 is 0 Å². The molecule has 7 heteroatoms. The normalized spacial score (nSPS) is 14.2. The summed E-state index contributed by atoms with van der Waals surface area (Å²) in [7, 11) is -4.15. The van der Waals surface area contributed by atoms with Gasteiger partial charge in [-0.15, -0.1) is 4.40 Å². The van der Waals surface area contributed by atoms with Gasteiger partial charge in [0.25, 0.3) is 21.8 Å². The minimum atomic E-state index is -4.15. The van der Waals surface area contributed by atoms with Gasteiger partial charge in [-0.2, -0.15) is 8.42 Å². The van der Waals surface area contributed by atoms with Crippen LogP contribution in [0.1, 0.15) is 31.8 Å². The molecule has 0 spiro atoms. The number of rotatable bonds is 3. The van der Waals surface area contributed by atoms with Gasteiger partial charge in [0.2, 0.25) is 0 Å². The van der Waals surface area contributed by atoms with Gasteiger partial charge in [0.1, 0.15) is 0 Å². The summed E-state index contributed by atoms with van der Waals surface area (Å²) >= 11 is 0. The molecule has 3 aromatic rings. The second-order valence-corrected chi connectivity index (χ2v) is 8.16. The summed E-state index contributed by atoms with van der Waals surface area (Å²) in [5.41, 5.74) is 1.68. The molecule has 0 N–H and O–H groups in total. The van der Waals surface area contributed by atoms with Crippen molar-refractivity contribution < 1.29 is 18.0 Å². The summed E-state index contributed by atoms with van der Waals surface area (Å²) in [6.07, 6.45) is 0. The van der Waals surface area contributed by atoms with E-state index in [1.165, 1.54) is 24.3 Å². The number of amidine groups is 1. The molecule has 4 rings (SSSR count). The molecule has 0 bridgehead atoms.